The third-order valence-electron chi connectivity index (χ3n) is 2.56. The van der Waals surface area contributed by atoms with Crippen molar-refractivity contribution in [3.8, 4) is 11.5 Å². The van der Waals surface area contributed by atoms with Crippen molar-refractivity contribution in [3.05, 3.63) is 53.0 Å². The van der Waals surface area contributed by atoms with Gasteiger partial charge in [-0.05, 0) is 53.2 Å². The summed E-state index contributed by atoms with van der Waals surface area (Å²) in [7, 11) is -3.27. The first-order chi connectivity index (χ1) is 9.50. The number of para-hydroxylation sites is 1. The van der Waals surface area contributed by atoms with Crippen molar-refractivity contribution in [1.82, 2.24) is 0 Å². The Bertz CT molecular complexity index is 687. The molecule has 2 rings (SSSR count). The lowest BCUT2D eigenvalue weighted by Crippen LogP contribution is -2.14. The molecule has 4 nitrogen and oxygen atoms in total. The summed E-state index contributed by atoms with van der Waals surface area (Å²) in [4.78, 5) is 0. The fourth-order valence-electron chi connectivity index (χ4n) is 1.51. The molecule has 2 aromatic rings. The molecule has 0 saturated heterocycles. The van der Waals surface area contributed by atoms with Crippen LogP contribution in [0.25, 0.3) is 0 Å². The Balaban J connectivity index is 2.18. The minimum atomic E-state index is -3.27. The summed E-state index contributed by atoms with van der Waals surface area (Å²) >= 11 is 3.37. The van der Waals surface area contributed by atoms with Gasteiger partial charge in [-0.2, -0.15) is 0 Å². The SMILES string of the molecule is CCS(=O)(=O)Nc1ccc(Oc2ccccc2)c(Br)c1. The van der Waals surface area contributed by atoms with Gasteiger partial charge >= 0.3 is 0 Å². The van der Waals surface area contributed by atoms with Crippen LogP contribution < -0.4 is 9.46 Å². The van der Waals surface area contributed by atoms with Crippen molar-refractivity contribution >= 4 is 31.6 Å². The highest BCUT2D eigenvalue weighted by atomic mass is 79.9. The number of ether oxygens (including phenoxy) is 1. The van der Waals surface area contributed by atoms with Crippen molar-refractivity contribution in [3.63, 3.8) is 0 Å². The van der Waals surface area contributed by atoms with E-state index in [1.165, 1.54) is 0 Å². The molecular weight excluding hydrogens is 342 g/mol. The predicted octanol–water partition coefficient (Wildman–Crippen LogP) is 4.00. The minimum Gasteiger partial charge on any atom is -0.456 e. The maximum atomic E-state index is 11.5. The van der Waals surface area contributed by atoms with E-state index in [1.54, 1.807) is 25.1 Å². The minimum absolute atomic E-state index is 0.0346. The van der Waals surface area contributed by atoms with Gasteiger partial charge in [-0.15, -0.1) is 0 Å². The van der Waals surface area contributed by atoms with E-state index >= 15 is 0 Å². The van der Waals surface area contributed by atoms with E-state index in [2.05, 4.69) is 20.7 Å². The quantitative estimate of drug-likeness (QED) is 0.881. The van der Waals surface area contributed by atoms with Crippen LogP contribution in [0.2, 0.25) is 0 Å². The topological polar surface area (TPSA) is 55.4 Å². The summed E-state index contributed by atoms with van der Waals surface area (Å²) in [6, 6.07) is 14.4. The number of hydrogen-bond acceptors (Lipinski definition) is 3. The number of sulfonamides is 1. The van der Waals surface area contributed by atoms with Gasteiger partial charge in [0.15, 0.2) is 0 Å². The monoisotopic (exact) mass is 355 g/mol. The van der Waals surface area contributed by atoms with Gasteiger partial charge in [0.05, 0.1) is 10.2 Å². The Labute approximate surface area is 127 Å². The molecule has 0 aliphatic carbocycles. The Morgan fingerprint density at radius 2 is 1.85 bits per heavy atom. The van der Waals surface area contributed by atoms with Gasteiger partial charge < -0.3 is 4.74 Å². The van der Waals surface area contributed by atoms with Crippen molar-refractivity contribution < 1.29 is 13.2 Å². The van der Waals surface area contributed by atoms with E-state index in [4.69, 9.17) is 4.74 Å². The third-order valence-corrected chi connectivity index (χ3v) is 4.48. The Morgan fingerprint density at radius 1 is 1.15 bits per heavy atom. The Kier molecular flexibility index (Phi) is 4.67. The third kappa shape index (κ3) is 3.98. The lowest BCUT2D eigenvalue weighted by atomic mass is 10.3. The van der Waals surface area contributed by atoms with Gasteiger partial charge in [-0.25, -0.2) is 8.42 Å². The molecule has 0 saturated carbocycles. The molecule has 2 aromatic carbocycles. The predicted molar refractivity (Wildman–Crippen MR) is 83.7 cm³/mol. The molecule has 0 aromatic heterocycles. The summed E-state index contributed by atoms with van der Waals surface area (Å²) in [6.07, 6.45) is 0. The van der Waals surface area contributed by atoms with E-state index in [-0.39, 0.29) is 5.75 Å². The van der Waals surface area contributed by atoms with E-state index < -0.39 is 10.0 Å². The van der Waals surface area contributed by atoms with E-state index in [0.717, 1.165) is 5.75 Å². The highest BCUT2D eigenvalue weighted by molar-refractivity contribution is 9.10. The van der Waals surface area contributed by atoms with Gasteiger partial charge in [0.25, 0.3) is 0 Å². The molecule has 0 atom stereocenters. The number of rotatable bonds is 5. The Morgan fingerprint density at radius 3 is 2.45 bits per heavy atom. The van der Waals surface area contributed by atoms with Crippen molar-refractivity contribution in [2.45, 2.75) is 6.92 Å². The number of anilines is 1. The molecule has 0 fully saturated rings. The van der Waals surface area contributed by atoms with Crippen LogP contribution in [0.15, 0.2) is 53.0 Å². The molecule has 0 aliphatic rings. The summed E-state index contributed by atoms with van der Waals surface area (Å²) in [5.41, 5.74) is 0.499. The smallest absolute Gasteiger partial charge is 0.232 e. The Hall–Kier alpha value is -1.53. The van der Waals surface area contributed by atoms with Crippen LogP contribution in [0.4, 0.5) is 5.69 Å². The second-order valence-electron chi connectivity index (χ2n) is 4.07. The standard InChI is InChI=1S/C14H14BrNO3S/c1-2-20(17,18)16-11-8-9-14(13(15)10-11)19-12-6-4-3-5-7-12/h3-10,16H,2H2,1H3. The molecule has 20 heavy (non-hydrogen) atoms. The van der Waals surface area contributed by atoms with Crippen LogP contribution in [-0.2, 0) is 10.0 Å². The molecule has 0 radical (unpaired) electrons. The zero-order chi connectivity index (χ0) is 14.6. The molecule has 6 heteroatoms. The summed E-state index contributed by atoms with van der Waals surface area (Å²) in [5, 5.41) is 0. The highest BCUT2D eigenvalue weighted by Gasteiger charge is 2.09. The average molecular weight is 356 g/mol. The van der Waals surface area contributed by atoms with Gasteiger partial charge in [-0.1, -0.05) is 18.2 Å². The van der Waals surface area contributed by atoms with Crippen LogP contribution in [0.5, 0.6) is 11.5 Å². The van der Waals surface area contributed by atoms with Crippen molar-refractivity contribution in [1.29, 1.82) is 0 Å². The van der Waals surface area contributed by atoms with Crippen molar-refractivity contribution in [2.75, 3.05) is 10.5 Å². The summed E-state index contributed by atoms with van der Waals surface area (Å²) in [5.74, 6) is 1.37. The van der Waals surface area contributed by atoms with Crippen LogP contribution in [0.3, 0.4) is 0 Å². The van der Waals surface area contributed by atoms with Crippen molar-refractivity contribution in [2.24, 2.45) is 0 Å². The zero-order valence-electron chi connectivity index (χ0n) is 10.8. The lowest BCUT2D eigenvalue weighted by Gasteiger charge is -2.10. The average Bonchev–Trinajstić information content (AvgIpc) is 2.43. The normalized spacial score (nSPS) is 11.1. The number of nitrogens with one attached hydrogen (secondary N) is 1. The van der Waals surface area contributed by atoms with Crippen LogP contribution in [0, 0.1) is 0 Å². The highest BCUT2D eigenvalue weighted by Crippen LogP contribution is 2.32. The molecule has 0 unspecified atom stereocenters. The van der Waals surface area contributed by atoms with Crippen LogP contribution >= 0.6 is 15.9 Å². The molecule has 0 spiro atoms. The van der Waals surface area contributed by atoms with Gasteiger partial charge in [-0.3, -0.25) is 4.72 Å². The number of hydrogen-bond donors (Lipinski definition) is 1. The first-order valence-corrected chi connectivity index (χ1v) is 8.47. The maximum Gasteiger partial charge on any atom is 0.232 e. The van der Waals surface area contributed by atoms with Gasteiger partial charge in [0, 0.05) is 5.69 Å². The molecule has 0 aliphatic heterocycles. The van der Waals surface area contributed by atoms with Crippen LogP contribution in [0.1, 0.15) is 6.92 Å². The van der Waals surface area contributed by atoms with E-state index in [0.29, 0.717) is 15.9 Å². The first kappa shape index (κ1) is 14.9. The molecule has 0 bridgehead atoms. The molecule has 0 heterocycles. The fourth-order valence-corrected chi connectivity index (χ4v) is 2.60. The number of benzene rings is 2. The molecule has 0 amide bonds. The summed E-state index contributed by atoms with van der Waals surface area (Å²) < 4.78 is 31.9. The largest absolute Gasteiger partial charge is 0.456 e. The molecule has 1 N–H and O–H groups in total. The lowest BCUT2D eigenvalue weighted by molar-refractivity contribution is 0.480. The second kappa shape index (κ2) is 6.28. The molecule has 106 valence electrons. The summed E-state index contributed by atoms with van der Waals surface area (Å²) in [6.45, 7) is 1.59. The van der Waals surface area contributed by atoms with Gasteiger partial charge in [0.1, 0.15) is 11.5 Å². The second-order valence-corrected chi connectivity index (χ2v) is 6.93. The van der Waals surface area contributed by atoms with E-state index in [1.807, 2.05) is 30.3 Å². The van der Waals surface area contributed by atoms with Crippen LogP contribution in [-0.4, -0.2) is 14.2 Å². The maximum absolute atomic E-state index is 11.5. The first-order valence-electron chi connectivity index (χ1n) is 6.03. The number of halogens is 1. The zero-order valence-corrected chi connectivity index (χ0v) is 13.2. The fraction of sp³-hybridized carbons (Fsp3) is 0.143. The van der Waals surface area contributed by atoms with E-state index in [9.17, 15) is 8.42 Å². The molecular formula is C14H14BrNO3S. The van der Waals surface area contributed by atoms with Gasteiger partial charge in [0.2, 0.25) is 10.0 Å².